The number of hydrogen-bond acceptors (Lipinski definition) is 5. The van der Waals surface area contributed by atoms with Gasteiger partial charge < -0.3 is 9.72 Å². The van der Waals surface area contributed by atoms with Gasteiger partial charge >= 0.3 is 6.03 Å². The minimum absolute atomic E-state index is 0.288. The Kier molecular flexibility index (Phi) is 5.79. The van der Waals surface area contributed by atoms with Crippen LogP contribution < -0.4 is 15.0 Å². The van der Waals surface area contributed by atoms with E-state index in [1.165, 1.54) is 6.21 Å². The number of aliphatic imine (C=N–C) groups is 1. The molecule has 2 heterocycles. The molecule has 4 amide bonds. The molecule has 1 fully saturated rings. The highest BCUT2D eigenvalue weighted by atomic mass is 16.5. The lowest BCUT2D eigenvalue weighted by Gasteiger charge is -2.29. The molecular weight excluding hydrogens is 396 g/mol. The third-order valence-corrected chi connectivity index (χ3v) is 5.05. The first-order valence-corrected chi connectivity index (χ1v) is 10.1. The third-order valence-electron chi connectivity index (χ3n) is 5.05. The second-order valence-electron chi connectivity index (χ2n) is 7.01. The van der Waals surface area contributed by atoms with Gasteiger partial charge in [0.05, 0.1) is 12.3 Å². The van der Waals surface area contributed by atoms with Crippen LogP contribution in [-0.2, 0) is 16.0 Å². The first kappa shape index (κ1) is 20.3. The topological polar surface area (TPSA) is 104 Å². The number of nitrogens with zero attached hydrogens (tertiary/aromatic N) is 2. The minimum Gasteiger partial charge on any atom is -0.492 e. The van der Waals surface area contributed by atoms with Crippen molar-refractivity contribution in [2.75, 3.05) is 18.1 Å². The summed E-state index contributed by atoms with van der Waals surface area (Å²) in [5, 5.41) is 3.35. The van der Waals surface area contributed by atoms with Crippen LogP contribution in [0.3, 0.4) is 0 Å². The van der Waals surface area contributed by atoms with Crippen LogP contribution in [0.5, 0.6) is 5.75 Å². The van der Waals surface area contributed by atoms with Crippen molar-refractivity contribution in [3.8, 4) is 5.75 Å². The van der Waals surface area contributed by atoms with E-state index in [0.29, 0.717) is 25.3 Å². The molecule has 3 aromatic rings. The van der Waals surface area contributed by atoms with Gasteiger partial charge in [0, 0.05) is 29.9 Å². The Hall–Kier alpha value is -3.94. The average molecular weight is 418 g/mol. The van der Waals surface area contributed by atoms with E-state index in [4.69, 9.17) is 4.74 Å². The zero-order chi connectivity index (χ0) is 21.8. The highest BCUT2D eigenvalue weighted by Crippen LogP contribution is 2.30. The summed E-state index contributed by atoms with van der Waals surface area (Å²) in [7, 11) is 0. The largest absolute Gasteiger partial charge is 0.492 e. The van der Waals surface area contributed by atoms with Gasteiger partial charge in [-0.1, -0.05) is 30.3 Å². The number of amides is 4. The maximum atomic E-state index is 13.0. The van der Waals surface area contributed by atoms with Crippen LogP contribution in [0.4, 0.5) is 10.5 Å². The van der Waals surface area contributed by atoms with Crippen molar-refractivity contribution in [3.63, 3.8) is 0 Å². The number of anilines is 1. The number of urea groups is 1. The fourth-order valence-corrected chi connectivity index (χ4v) is 3.57. The van der Waals surface area contributed by atoms with Crippen LogP contribution in [0.1, 0.15) is 12.5 Å². The normalized spacial score (nSPS) is 16.9. The van der Waals surface area contributed by atoms with E-state index < -0.39 is 23.8 Å². The molecule has 2 aromatic carbocycles. The van der Waals surface area contributed by atoms with Crippen LogP contribution in [0.2, 0.25) is 0 Å². The average Bonchev–Trinajstić information content (AvgIpc) is 3.17. The molecule has 0 radical (unpaired) electrons. The maximum absolute atomic E-state index is 13.0. The molecular formula is C23H22N4O4. The van der Waals surface area contributed by atoms with Gasteiger partial charge in [-0.05, 0) is 37.1 Å². The second kappa shape index (κ2) is 8.83. The number of imide groups is 2. The summed E-state index contributed by atoms with van der Waals surface area (Å²) >= 11 is 0. The third kappa shape index (κ3) is 4.05. The van der Waals surface area contributed by atoms with Gasteiger partial charge in [-0.25, -0.2) is 9.69 Å². The second-order valence-corrected chi connectivity index (χ2v) is 7.01. The van der Waals surface area contributed by atoms with Gasteiger partial charge in [-0.15, -0.1) is 0 Å². The molecule has 2 N–H and O–H groups in total. The minimum atomic E-state index is -1.18. The number of rotatable bonds is 7. The summed E-state index contributed by atoms with van der Waals surface area (Å²) < 4.78 is 5.53. The number of H-pyrrole nitrogens is 1. The molecule has 1 aliphatic heterocycles. The SMILES string of the molecule is CCOc1ccccc1N1C(=O)NC(=O)[C@@H](C=NCCc2c[nH]c3ccccc23)C1=O. The number of para-hydroxylation sites is 3. The number of ether oxygens (including phenoxy) is 1. The van der Waals surface area contributed by atoms with Crippen LogP contribution in [0.25, 0.3) is 10.9 Å². The lowest BCUT2D eigenvalue weighted by Crippen LogP contribution is -2.58. The molecule has 158 valence electrons. The van der Waals surface area contributed by atoms with Gasteiger partial charge in [0.15, 0.2) is 5.92 Å². The Labute approximate surface area is 178 Å². The number of aromatic nitrogens is 1. The van der Waals surface area contributed by atoms with E-state index in [2.05, 4.69) is 15.3 Å². The number of carbonyl (C=O) groups is 3. The van der Waals surface area contributed by atoms with Gasteiger partial charge in [0.2, 0.25) is 5.91 Å². The van der Waals surface area contributed by atoms with Crippen molar-refractivity contribution in [2.24, 2.45) is 10.9 Å². The first-order chi connectivity index (χ1) is 15.1. The molecule has 0 aliphatic carbocycles. The number of nitrogens with one attached hydrogen (secondary N) is 2. The molecule has 0 saturated carbocycles. The Bertz CT molecular complexity index is 1170. The number of carbonyl (C=O) groups excluding carboxylic acids is 3. The van der Waals surface area contributed by atoms with Crippen molar-refractivity contribution < 1.29 is 19.1 Å². The van der Waals surface area contributed by atoms with Gasteiger partial charge in [-0.3, -0.25) is 19.9 Å². The van der Waals surface area contributed by atoms with Crippen LogP contribution in [0.15, 0.2) is 59.7 Å². The van der Waals surface area contributed by atoms with E-state index in [0.717, 1.165) is 21.4 Å². The molecule has 1 saturated heterocycles. The molecule has 4 rings (SSSR count). The highest BCUT2D eigenvalue weighted by molar-refractivity contribution is 6.32. The highest BCUT2D eigenvalue weighted by Gasteiger charge is 2.41. The number of barbiturate groups is 1. The standard InChI is InChI=1S/C23H22N4O4/c1-2-31-20-10-6-5-9-19(20)27-22(29)17(21(28)26-23(27)30)14-24-12-11-15-13-25-18-8-4-3-7-16(15)18/h3-10,13-14,17,25H,2,11-12H2,1H3,(H,26,28,30)/t17-/m1/s1. The molecule has 31 heavy (non-hydrogen) atoms. The van der Waals surface area contributed by atoms with Crippen LogP contribution in [0, 0.1) is 5.92 Å². The molecule has 0 unspecified atom stereocenters. The summed E-state index contributed by atoms with van der Waals surface area (Å²) in [6.45, 7) is 2.59. The Morgan fingerprint density at radius 2 is 1.87 bits per heavy atom. The maximum Gasteiger partial charge on any atom is 0.335 e. The predicted octanol–water partition coefficient (Wildman–Crippen LogP) is 3.08. The number of fused-ring (bicyclic) bond motifs is 1. The molecule has 1 aromatic heterocycles. The molecule has 1 atom stereocenters. The van der Waals surface area contributed by atoms with E-state index >= 15 is 0 Å². The van der Waals surface area contributed by atoms with E-state index in [1.54, 1.807) is 24.3 Å². The van der Waals surface area contributed by atoms with Crippen molar-refractivity contribution in [2.45, 2.75) is 13.3 Å². The van der Waals surface area contributed by atoms with Crippen molar-refractivity contribution in [3.05, 3.63) is 60.3 Å². The molecule has 0 bridgehead atoms. The fourth-order valence-electron chi connectivity index (χ4n) is 3.57. The quantitative estimate of drug-likeness (QED) is 0.454. The van der Waals surface area contributed by atoms with Gasteiger partial charge in [0.25, 0.3) is 5.91 Å². The Morgan fingerprint density at radius 1 is 1.10 bits per heavy atom. The zero-order valence-electron chi connectivity index (χ0n) is 17.0. The summed E-state index contributed by atoms with van der Waals surface area (Å²) in [5.41, 5.74) is 2.44. The van der Waals surface area contributed by atoms with Crippen LogP contribution in [-0.4, -0.2) is 42.2 Å². The van der Waals surface area contributed by atoms with Gasteiger partial charge in [-0.2, -0.15) is 0 Å². The smallest absolute Gasteiger partial charge is 0.335 e. The molecule has 8 heteroatoms. The number of benzene rings is 2. The summed E-state index contributed by atoms with van der Waals surface area (Å²) in [6, 6.07) is 13.9. The van der Waals surface area contributed by atoms with Crippen molar-refractivity contribution in [1.82, 2.24) is 10.3 Å². The molecule has 1 aliphatic rings. The molecule has 8 nitrogen and oxygen atoms in total. The fraction of sp³-hybridized carbons (Fsp3) is 0.217. The summed E-state index contributed by atoms with van der Waals surface area (Å²) in [6.07, 6.45) is 3.90. The monoisotopic (exact) mass is 418 g/mol. The van der Waals surface area contributed by atoms with E-state index in [1.807, 2.05) is 37.4 Å². The lowest BCUT2D eigenvalue weighted by atomic mass is 10.1. The van der Waals surface area contributed by atoms with Crippen LogP contribution >= 0.6 is 0 Å². The zero-order valence-corrected chi connectivity index (χ0v) is 17.0. The van der Waals surface area contributed by atoms with E-state index in [-0.39, 0.29) is 5.69 Å². The summed E-state index contributed by atoms with van der Waals surface area (Å²) in [4.78, 5) is 46.1. The van der Waals surface area contributed by atoms with Crippen molar-refractivity contribution in [1.29, 1.82) is 0 Å². The first-order valence-electron chi connectivity index (χ1n) is 10.1. The number of hydrogen-bond donors (Lipinski definition) is 2. The Morgan fingerprint density at radius 3 is 2.71 bits per heavy atom. The van der Waals surface area contributed by atoms with Gasteiger partial charge in [0.1, 0.15) is 5.75 Å². The predicted molar refractivity (Wildman–Crippen MR) is 117 cm³/mol. The molecule has 0 spiro atoms. The Balaban J connectivity index is 1.49. The van der Waals surface area contributed by atoms with Crippen molar-refractivity contribution >= 4 is 40.7 Å². The lowest BCUT2D eigenvalue weighted by molar-refractivity contribution is -0.131. The van der Waals surface area contributed by atoms with E-state index in [9.17, 15) is 14.4 Å². The number of aromatic amines is 1. The summed E-state index contributed by atoms with van der Waals surface area (Å²) in [5.74, 6) is -2.14.